The summed E-state index contributed by atoms with van der Waals surface area (Å²) in [6.45, 7) is 10.9. The van der Waals surface area contributed by atoms with Crippen LogP contribution in [0.2, 0.25) is 19.6 Å². The molecule has 0 aliphatic carbocycles. The molecule has 0 atom stereocenters. The molecular formula is C15H24OSSi. The molecule has 3 heteroatoms. The lowest BCUT2D eigenvalue weighted by Gasteiger charge is -2.21. The second-order valence-electron chi connectivity index (χ2n) is 5.38. The summed E-state index contributed by atoms with van der Waals surface area (Å²) in [5.74, 6) is 2.22. The third-order valence-corrected chi connectivity index (χ3v) is 4.29. The van der Waals surface area contributed by atoms with Crippen LogP contribution in [0.25, 0.3) is 0 Å². The number of thioether (sulfide) groups is 1. The van der Waals surface area contributed by atoms with Crippen molar-refractivity contribution in [1.29, 1.82) is 0 Å². The maximum atomic E-state index is 6.03. The molecule has 0 amide bonds. The van der Waals surface area contributed by atoms with Crippen LogP contribution >= 0.6 is 11.8 Å². The van der Waals surface area contributed by atoms with Crippen LogP contribution in [0, 0.1) is 6.92 Å². The first-order valence-corrected chi connectivity index (χ1v) is 10.8. The quantitative estimate of drug-likeness (QED) is 0.401. The summed E-state index contributed by atoms with van der Waals surface area (Å²) in [7, 11) is -1.46. The Labute approximate surface area is 117 Å². The highest BCUT2D eigenvalue weighted by molar-refractivity contribution is 7.99. The van der Waals surface area contributed by atoms with Gasteiger partial charge in [0.1, 0.15) is 0 Å². The number of aryl methyl sites for hydroxylation is 1. The van der Waals surface area contributed by atoms with E-state index in [4.69, 9.17) is 4.43 Å². The van der Waals surface area contributed by atoms with Crippen molar-refractivity contribution in [1.82, 2.24) is 0 Å². The number of hydrogen-bond acceptors (Lipinski definition) is 2. The molecule has 0 aromatic heterocycles. The molecule has 0 fully saturated rings. The zero-order valence-electron chi connectivity index (χ0n) is 12.1. The molecule has 1 rings (SSSR count). The van der Waals surface area contributed by atoms with Gasteiger partial charge in [-0.1, -0.05) is 23.8 Å². The lowest BCUT2D eigenvalue weighted by molar-refractivity contribution is 0.405. The zero-order chi connectivity index (χ0) is 13.6. The van der Waals surface area contributed by atoms with Crippen LogP contribution in [0.4, 0.5) is 0 Å². The Morgan fingerprint density at radius 3 is 2.33 bits per heavy atom. The minimum atomic E-state index is -1.46. The van der Waals surface area contributed by atoms with Crippen molar-refractivity contribution < 1.29 is 4.43 Å². The third kappa shape index (κ3) is 6.31. The molecule has 0 heterocycles. The summed E-state index contributed by atoms with van der Waals surface area (Å²) < 4.78 is 6.03. The molecule has 1 aromatic carbocycles. The fraction of sp³-hybridized carbons (Fsp3) is 0.467. The molecule has 0 saturated carbocycles. The van der Waals surface area contributed by atoms with Crippen molar-refractivity contribution in [3.8, 4) is 0 Å². The summed E-state index contributed by atoms with van der Waals surface area (Å²) in [5.41, 5.74) is 1.32. The van der Waals surface area contributed by atoms with E-state index < -0.39 is 8.32 Å². The van der Waals surface area contributed by atoms with Gasteiger partial charge in [-0.15, -0.1) is 11.8 Å². The predicted molar refractivity (Wildman–Crippen MR) is 84.7 cm³/mol. The van der Waals surface area contributed by atoms with E-state index in [1.807, 2.05) is 11.8 Å². The van der Waals surface area contributed by atoms with Crippen molar-refractivity contribution >= 4 is 20.1 Å². The van der Waals surface area contributed by atoms with Gasteiger partial charge in [-0.3, -0.25) is 0 Å². The van der Waals surface area contributed by atoms with Gasteiger partial charge in [0, 0.05) is 17.1 Å². The first-order chi connectivity index (χ1) is 8.40. The molecule has 0 bridgehead atoms. The topological polar surface area (TPSA) is 9.23 Å². The van der Waals surface area contributed by atoms with Gasteiger partial charge in [-0.05, 0) is 45.6 Å². The number of hydrogen-bond donors (Lipinski definition) is 0. The summed E-state index contributed by atoms with van der Waals surface area (Å²) >= 11 is 1.89. The third-order valence-electron chi connectivity index (χ3n) is 2.40. The van der Waals surface area contributed by atoms with Crippen LogP contribution < -0.4 is 0 Å². The van der Waals surface area contributed by atoms with E-state index in [1.54, 1.807) is 0 Å². The molecule has 1 aromatic rings. The van der Waals surface area contributed by atoms with E-state index >= 15 is 0 Å². The normalized spacial score (nSPS) is 12.6. The van der Waals surface area contributed by atoms with Crippen molar-refractivity contribution in [3.63, 3.8) is 0 Å². The van der Waals surface area contributed by atoms with Crippen LogP contribution in [-0.2, 0) is 4.43 Å². The van der Waals surface area contributed by atoms with E-state index in [1.165, 1.54) is 10.5 Å². The lowest BCUT2D eigenvalue weighted by atomic mass is 10.2. The van der Waals surface area contributed by atoms with Gasteiger partial charge >= 0.3 is 0 Å². The summed E-state index contributed by atoms with van der Waals surface area (Å²) in [5, 5.41) is 0. The van der Waals surface area contributed by atoms with Gasteiger partial charge in [0.15, 0.2) is 0 Å². The average molecular weight is 281 g/mol. The first kappa shape index (κ1) is 15.4. The number of benzene rings is 1. The fourth-order valence-electron chi connectivity index (χ4n) is 1.55. The molecule has 100 valence electrons. The van der Waals surface area contributed by atoms with E-state index in [2.05, 4.69) is 63.8 Å². The van der Waals surface area contributed by atoms with Crippen LogP contribution in [-0.4, -0.2) is 14.1 Å². The van der Waals surface area contributed by atoms with Crippen LogP contribution in [0.1, 0.15) is 18.9 Å². The highest BCUT2D eigenvalue weighted by Crippen LogP contribution is 2.22. The van der Waals surface area contributed by atoms with Gasteiger partial charge in [-0.25, -0.2) is 0 Å². The van der Waals surface area contributed by atoms with Gasteiger partial charge < -0.3 is 4.43 Å². The lowest BCUT2D eigenvalue weighted by Crippen LogP contribution is -2.24. The summed E-state index contributed by atoms with van der Waals surface area (Å²) in [6.07, 6.45) is 3.12. The van der Waals surface area contributed by atoms with Crippen molar-refractivity contribution in [2.24, 2.45) is 0 Å². The fourth-order valence-corrected chi connectivity index (χ4v) is 3.43. The molecule has 0 aliphatic rings. The zero-order valence-corrected chi connectivity index (χ0v) is 13.9. The second kappa shape index (κ2) is 7.05. The average Bonchev–Trinajstić information content (AvgIpc) is 2.29. The van der Waals surface area contributed by atoms with Gasteiger partial charge in [-0.2, -0.15) is 0 Å². The molecule has 0 saturated heterocycles. The van der Waals surface area contributed by atoms with Gasteiger partial charge in [0.25, 0.3) is 0 Å². The van der Waals surface area contributed by atoms with Gasteiger partial charge in [0.2, 0.25) is 8.32 Å². The maximum Gasteiger partial charge on any atom is 0.241 e. The van der Waals surface area contributed by atoms with E-state index in [9.17, 15) is 0 Å². The highest BCUT2D eigenvalue weighted by atomic mass is 32.2. The summed E-state index contributed by atoms with van der Waals surface area (Å²) in [4.78, 5) is 1.34. The minimum absolute atomic E-state index is 1.01. The van der Waals surface area contributed by atoms with E-state index in [-0.39, 0.29) is 0 Å². The Morgan fingerprint density at radius 1 is 1.22 bits per heavy atom. The Bertz CT molecular complexity index is 390. The minimum Gasteiger partial charge on any atom is -0.548 e. The molecule has 0 N–H and O–H groups in total. The molecule has 1 nitrogen and oxygen atoms in total. The Hall–Kier alpha value is -0.673. The second-order valence-corrected chi connectivity index (χ2v) is 11.0. The van der Waals surface area contributed by atoms with Crippen molar-refractivity contribution in [2.75, 3.05) is 5.75 Å². The van der Waals surface area contributed by atoms with Crippen LogP contribution in [0.15, 0.2) is 41.0 Å². The molecule has 0 radical (unpaired) electrons. The Kier molecular flexibility index (Phi) is 6.02. The molecular weight excluding hydrogens is 256 g/mol. The van der Waals surface area contributed by atoms with Crippen molar-refractivity contribution in [3.05, 3.63) is 41.7 Å². The van der Waals surface area contributed by atoms with E-state index in [0.717, 1.165) is 17.9 Å². The monoisotopic (exact) mass is 280 g/mol. The Morgan fingerprint density at radius 2 is 1.83 bits per heavy atom. The Balaban J connectivity index is 2.38. The predicted octanol–water partition coefficient (Wildman–Crippen LogP) is 5.23. The van der Waals surface area contributed by atoms with Crippen LogP contribution in [0.5, 0.6) is 0 Å². The molecule has 0 unspecified atom stereocenters. The maximum absolute atomic E-state index is 6.03. The van der Waals surface area contributed by atoms with E-state index in [0.29, 0.717) is 0 Å². The smallest absolute Gasteiger partial charge is 0.241 e. The van der Waals surface area contributed by atoms with Crippen LogP contribution in [0.3, 0.4) is 0 Å². The number of rotatable bonds is 6. The number of allylic oxidation sites excluding steroid dienone is 2. The van der Waals surface area contributed by atoms with Gasteiger partial charge in [0.05, 0.1) is 5.76 Å². The first-order valence-electron chi connectivity index (χ1n) is 6.44. The molecule has 0 aliphatic heterocycles. The highest BCUT2D eigenvalue weighted by Gasteiger charge is 2.16. The van der Waals surface area contributed by atoms with Crippen molar-refractivity contribution in [2.45, 2.75) is 44.8 Å². The largest absolute Gasteiger partial charge is 0.548 e. The standard InChI is InChI=1S/C15H24OSSi/c1-6-14(16-18(3,4)5)11-12-17-15-9-7-13(2)8-10-15/h6-10H,11-12H2,1-5H3/b14-6-. The SMILES string of the molecule is C/C=C(/CCSc1ccc(C)cc1)O[Si](C)(C)C. The molecule has 0 spiro atoms. The summed E-state index contributed by atoms with van der Waals surface area (Å²) in [6, 6.07) is 8.71. The molecule has 18 heavy (non-hydrogen) atoms.